The summed E-state index contributed by atoms with van der Waals surface area (Å²) >= 11 is 0. The zero-order valence-corrected chi connectivity index (χ0v) is 30.0. The number of hydrogen-bond donors (Lipinski definition) is 6. The van der Waals surface area contributed by atoms with Crippen LogP contribution in [0.5, 0.6) is 0 Å². The number of carboxylic acids is 1. The minimum Gasteiger partial charge on any atom is -0.475 e. The third-order valence-electron chi connectivity index (χ3n) is 10.1. The number of benzene rings is 2. The summed E-state index contributed by atoms with van der Waals surface area (Å²) in [5, 5.41) is 20.3. The Balaban J connectivity index is 0.000000845. The molecule has 1 aliphatic carbocycles. The number of aryl methyl sites for hydroxylation is 1. The number of primary amides is 1. The molecule has 54 heavy (non-hydrogen) atoms. The molecule has 2 saturated heterocycles. The van der Waals surface area contributed by atoms with E-state index in [4.69, 9.17) is 26.8 Å². The van der Waals surface area contributed by atoms with Gasteiger partial charge in [0.05, 0.1) is 0 Å². The highest BCUT2D eigenvalue weighted by atomic mass is 19.4. The van der Waals surface area contributed by atoms with Gasteiger partial charge in [-0.2, -0.15) is 13.2 Å². The van der Waals surface area contributed by atoms with Crippen molar-refractivity contribution >= 4 is 41.3 Å². The molecular formula is C37H46F3N7O7. The van der Waals surface area contributed by atoms with Gasteiger partial charge < -0.3 is 37.0 Å². The minimum atomic E-state index is -5.08. The van der Waals surface area contributed by atoms with E-state index in [2.05, 4.69) is 10.6 Å². The van der Waals surface area contributed by atoms with E-state index < -0.39 is 54.0 Å². The maximum atomic E-state index is 14.2. The molecule has 3 fully saturated rings. The number of fused-ring (bicyclic) bond motifs is 1. The fourth-order valence-electron chi connectivity index (χ4n) is 7.29. The predicted octanol–water partition coefficient (Wildman–Crippen LogP) is 2.39. The average molecular weight is 758 g/mol. The normalized spacial score (nSPS) is 21.8. The number of rotatable bonds is 10. The number of nitrogens with two attached hydrogens (primary N) is 2. The van der Waals surface area contributed by atoms with E-state index >= 15 is 0 Å². The van der Waals surface area contributed by atoms with Crippen LogP contribution in [0.25, 0.3) is 0 Å². The first-order valence-electron chi connectivity index (χ1n) is 17.7. The number of nitrogens with zero attached hydrogens (tertiary/aromatic N) is 2. The zero-order chi connectivity index (χ0) is 39.9. The Morgan fingerprint density at radius 2 is 1.56 bits per heavy atom. The highest BCUT2D eigenvalue weighted by molar-refractivity contribution is 6.02. The Hall–Kier alpha value is -5.48. The van der Waals surface area contributed by atoms with Gasteiger partial charge in [-0.05, 0) is 69.6 Å². The second kappa shape index (κ2) is 17.6. The smallest absolute Gasteiger partial charge is 0.475 e. The molecule has 0 aromatic heterocycles. The molecule has 0 bridgehead atoms. The lowest BCUT2D eigenvalue weighted by Gasteiger charge is -2.35. The average Bonchev–Trinajstić information content (AvgIpc) is 3.77. The summed E-state index contributed by atoms with van der Waals surface area (Å²) in [6.45, 7) is 3.84. The first-order valence-corrected chi connectivity index (χ1v) is 17.7. The molecule has 8 N–H and O–H groups in total. The standard InChI is InChI=1S/C35H45N7O5.C2HF3O2/c1-20-12-14-22(15-13-20)17-26(31(38)43)40-32(44)21(2)39-33(45)28-11-6-16-41(28)35(47)29-19-23-7-3-4-10-27(23)42(29)34(46)25-9-5-8-24(18-25)30(36)37;3-2(4,5)1(6)7/h5,8-9,12-15,18,21,23,26-29H,3-4,6-7,10-11,16-17,19H2,1-2H3,(H3,36,37)(H2,38,43)(H,39,45)(H,40,44);(H,6,7)/t21-,23+,26+,27+,28+,29+;/m1./s1. The molecule has 292 valence electrons. The quantitative estimate of drug-likeness (QED) is 0.155. The Kier molecular flexibility index (Phi) is 13.4. The summed E-state index contributed by atoms with van der Waals surface area (Å²) in [5.41, 5.74) is 14.0. The van der Waals surface area contributed by atoms with Gasteiger partial charge in [-0.25, -0.2) is 4.79 Å². The second-order valence-electron chi connectivity index (χ2n) is 13.9. The van der Waals surface area contributed by atoms with Crippen molar-refractivity contribution in [1.82, 2.24) is 20.4 Å². The topological polar surface area (TPSA) is 229 Å². The maximum absolute atomic E-state index is 14.2. The number of halogens is 3. The largest absolute Gasteiger partial charge is 0.490 e. The number of aliphatic carboxylic acids is 1. The van der Waals surface area contributed by atoms with Crippen LogP contribution in [-0.4, -0.2) is 99.2 Å². The molecule has 0 spiro atoms. The van der Waals surface area contributed by atoms with Crippen molar-refractivity contribution in [2.75, 3.05) is 6.54 Å². The molecule has 1 saturated carbocycles. The molecule has 2 aromatic rings. The fraction of sp³-hybridized carbons (Fsp3) is 0.486. The second-order valence-corrected chi connectivity index (χ2v) is 13.9. The summed E-state index contributed by atoms with van der Waals surface area (Å²) < 4.78 is 31.7. The van der Waals surface area contributed by atoms with Crippen LogP contribution in [-0.2, 0) is 30.4 Å². The van der Waals surface area contributed by atoms with Crippen molar-refractivity contribution in [3.8, 4) is 0 Å². The number of carbonyl (C=O) groups is 6. The molecule has 2 aliphatic heterocycles. The van der Waals surface area contributed by atoms with Gasteiger partial charge in [0.1, 0.15) is 30.0 Å². The van der Waals surface area contributed by atoms with E-state index in [0.29, 0.717) is 36.9 Å². The molecule has 6 atom stereocenters. The summed E-state index contributed by atoms with van der Waals surface area (Å²) in [5.74, 6) is -4.96. The van der Waals surface area contributed by atoms with Crippen LogP contribution in [0, 0.1) is 18.3 Å². The zero-order valence-electron chi connectivity index (χ0n) is 30.0. The number of amidine groups is 1. The van der Waals surface area contributed by atoms with Gasteiger partial charge in [-0.15, -0.1) is 0 Å². The lowest BCUT2D eigenvalue weighted by molar-refractivity contribution is -0.192. The van der Waals surface area contributed by atoms with Gasteiger partial charge in [-0.1, -0.05) is 54.8 Å². The summed E-state index contributed by atoms with van der Waals surface area (Å²) in [6.07, 6.45) is 0.440. The Bertz CT molecular complexity index is 1750. The lowest BCUT2D eigenvalue weighted by Crippen LogP contribution is -2.57. The highest BCUT2D eigenvalue weighted by Crippen LogP contribution is 2.41. The Labute approximate surface area is 310 Å². The van der Waals surface area contributed by atoms with Gasteiger partial charge in [0.15, 0.2) is 0 Å². The third-order valence-corrected chi connectivity index (χ3v) is 10.1. The highest BCUT2D eigenvalue weighted by Gasteiger charge is 2.50. The molecule has 0 radical (unpaired) electrons. The van der Waals surface area contributed by atoms with Crippen LogP contribution >= 0.6 is 0 Å². The van der Waals surface area contributed by atoms with E-state index in [1.807, 2.05) is 31.2 Å². The summed E-state index contributed by atoms with van der Waals surface area (Å²) in [7, 11) is 0. The molecule has 0 unspecified atom stereocenters. The van der Waals surface area contributed by atoms with Crippen molar-refractivity contribution < 1.29 is 47.0 Å². The van der Waals surface area contributed by atoms with Crippen molar-refractivity contribution in [3.63, 3.8) is 0 Å². The van der Waals surface area contributed by atoms with E-state index in [1.54, 1.807) is 34.1 Å². The first-order chi connectivity index (χ1) is 25.4. The number of likely N-dealkylation sites (tertiary alicyclic amines) is 2. The summed E-state index contributed by atoms with van der Waals surface area (Å²) in [4.78, 5) is 79.1. The molecule has 3 aliphatic rings. The molecule has 2 heterocycles. The SMILES string of the molecule is Cc1ccc(C[C@H](NC(=O)[C@@H](C)NC(=O)[C@@H]2CCCN2C(=O)[C@@H]2C[C@@H]3CCCC[C@@H]3N2C(=O)c2cccc(C(=N)N)c2)C(N)=O)cc1.O=C(O)C(F)(F)F. The monoisotopic (exact) mass is 757 g/mol. The van der Waals surface area contributed by atoms with Crippen LogP contribution in [0.15, 0.2) is 48.5 Å². The molecule has 17 heteroatoms. The number of amides is 5. The van der Waals surface area contributed by atoms with Crippen LogP contribution in [0.3, 0.4) is 0 Å². The fourth-order valence-corrected chi connectivity index (χ4v) is 7.29. The van der Waals surface area contributed by atoms with Gasteiger partial charge in [-0.3, -0.25) is 29.4 Å². The van der Waals surface area contributed by atoms with Crippen molar-refractivity contribution in [2.24, 2.45) is 17.4 Å². The van der Waals surface area contributed by atoms with Crippen LogP contribution < -0.4 is 22.1 Å². The van der Waals surface area contributed by atoms with Crippen molar-refractivity contribution in [1.29, 1.82) is 5.41 Å². The van der Waals surface area contributed by atoms with Gasteiger partial charge in [0.2, 0.25) is 23.6 Å². The van der Waals surface area contributed by atoms with Gasteiger partial charge in [0.25, 0.3) is 5.91 Å². The first kappa shape index (κ1) is 41.3. The number of hydrogen-bond acceptors (Lipinski definition) is 7. The Morgan fingerprint density at radius 1 is 0.926 bits per heavy atom. The molecule has 5 rings (SSSR count). The molecule has 5 amide bonds. The van der Waals surface area contributed by atoms with E-state index in [-0.39, 0.29) is 36.0 Å². The van der Waals surface area contributed by atoms with Gasteiger partial charge in [0, 0.05) is 30.1 Å². The van der Waals surface area contributed by atoms with Crippen LogP contribution in [0.2, 0.25) is 0 Å². The van der Waals surface area contributed by atoms with E-state index in [0.717, 1.165) is 36.8 Å². The molecule has 14 nitrogen and oxygen atoms in total. The number of carboxylic acid groups (broad SMARTS) is 1. The number of nitrogens with one attached hydrogen (secondary N) is 3. The minimum absolute atomic E-state index is 0.0807. The van der Waals surface area contributed by atoms with E-state index in [9.17, 15) is 37.1 Å². The van der Waals surface area contributed by atoms with Crippen LogP contribution in [0.1, 0.15) is 78.9 Å². The third kappa shape index (κ3) is 10.1. The Morgan fingerprint density at radius 3 is 2.17 bits per heavy atom. The van der Waals surface area contributed by atoms with Crippen molar-refractivity contribution in [3.05, 3.63) is 70.8 Å². The van der Waals surface area contributed by atoms with Crippen LogP contribution in [0.4, 0.5) is 13.2 Å². The predicted molar refractivity (Wildman–Crippen MR) is 190 cm³/mol. The molecular weight excluding hydrogens is 711 g/mol. The lowest BCUT2D eigenvalue weighted by atomic mass is 9.84. The maximum Gasteiger partial charge on any atom is 0.490 e. The summed E-state index contributed by atoms with van der Waals surface area (Å²) in [6, 6.07) is 10.6. The number of alkyl halides is 3. The van der Waals surface area contributed by atoms with Gasteiger partial charge >= 0.3 is 12.1 Å². The van der Waals surface area contributed by atoms with E-state index in [1.165, 1.54) is 6.92 Å². The molecule has 2 aromatic carbocycles. The van der Waals surface area contributed by atoms with Crippen molar-refractivity contribution in [2.45, 2.75) is 102 Å². The number of nitrogen functional groups attached to an aromatic ring is 1. The number of carbonyl (C=O) groups excluding carboxylic acids is 5.